The van der Waals surface area contributed by atoms with Gasteiger partial charge in [-0.2, -0.15) is 12.1 Å². The van der Waals surface area contributed by atoms with Crippen LogP contribution in [0.5, 0.6) is 0 Å². The summed E-state index contributed by atoms with van der Waals surface area (Å²) >= 11 is -0.826. The van der Waals surface area contributed by atoms with Crippen molar-refractivity contribution in [1.29, 1.82) is 0 Å². The van der Waals surface area contributed by atoms with E-state index in [9.17, 15) is 0 Å². The van der Waals surface area contributed by atoms with Gasteiger partial charge < -0.3 is 0 Å². The van der Waals surface area contributed by atoms with Crippen LogP contribution >= 0.6 is 17.0 Å². The molecule has 0 unspecified atom stereocenters. The van der Waals surface area contributed by atoms with Gasteiger partial charge in [0.15, 0.2) is 0 Å². The van der Waals surface area contributed by atoms with E-state index in [1.807, 2.05) is 0 Å². The van der Waals surface area contributed by atoms with Gasteiger partial charge >= 0.3 is 37.9 Å². The number of hydrogen-bond acceptors (Lipinski definition) is 0. The van der Waals surface area contributed by atoms with Gasteiger partial charge in [-0.1, -0.05) is 195 Å². The first-order chi connectivity index (χ1) is 29.1. The zero-order chi connectivity index (χ0) is 46.7. The summed E-state index contributed by atoms with van der Waals surface area (Å²) in [5, 5.41) is 5.60. The van der Waals surface area contributed by atoms with Crippen molar-refractivity contribution in [2.75, 3.05) is 0 Å². The summed E-state index contributed by atoms with van der Waals surface area (Å²) in [4.78, 5) is 0. The fourth-order valence-electron chi connectivity index (χ4n) is 8.13. The van der Waals surface area contributed by atoms with Crippen LogP contribution in [0.15, 0.2) is 84.9 Å². The van der Waals surface area contributed by atoms with Crippen molar-refractivity contribution in [3.63, 3.8) is 0 Å². The summed E-state index contributed by atoms with van der Waals surface area (Å²) < 4.78 is 0. The number of fused-ring (bicyclic) bond motifs is 2. The van der Waals surface area contributed by atoms with Gasteiger partial charge in [-0.15, -0.1) is 69.1 Å². The monoisotopic (exact) mass is 964 g/mol. The van der Waals surface area contributed by atoms with Crippen molar-refractivity contribution in [3.8, 4) is 22.3 Å². The van der Waals surface area contributed by atoms with Gasteiger partial charge in [0, 0.05) is 9.52 Å². The van der Waals surface area contributed by atoms with Crippen molar-refractivity contribution in [2.24, 2.45) is 0 Å². The summed E-state index contributed by atoms with van der Waals surface area (Å²) in [5.74, 6) is 2.15. The third-order valence-corrected chi connectivity index (χ3v) is 11.9. The first-order valence-electron chi connectivity index (χ1n) is 23.4. The average molecular weight is 967 g/mol. The maximum atomic E-state index is 4.93. The Balaban J connectivity index is 0.000000293. The van der Waals surface area contributed by atoms with E-state index >= 15 is 0 Å². The van der Waals surface area contributed by atoms with Crippen LogP contribution in [0.25, 0.3) is 43.8 Å². The molecule has 4 heteroatoms. The molecule has 6 rings (SSSR count). The van der Waals surface area contributed by atoms with Crippen LogP contribution in [0.1, 0.15) is 192 Å². The number of aryl methyl sites for hydroxylation is 2. The van der Waals surface area contributed by atoms with E-state index in [0.717, 1.165) is 22.4 Å². The SMILES string of the molecule is CCCc1ccc2[cH-]c(C(C)(C)C)cc2c1-c1cc(C(C)C)cc(C(C)C)c1.CCCc1ccc2[cH-]c(C(C)(C)C)cc2c1-c1cc(C(C)C)cc(C(C)C)c1.C[Si]C.[Cl][Zr+2][Cl]. The molecule has 0 aliphatic carbocycles. The van der Waals surface area contributed by atoms with E-state index in [1.54, 1.807) is 0 Å². The Bertz CT molecular complexity index is 2080. The molecule has 0 saturated carbocycles. The number of halogens is 2. The van der Waals surface area contributed by atoms with Crippen molar-refractivity contribution in [3.05, 3.63) is 129 Å². The quantitative estimate of drug-likeness (QED) is 0.0948. The third-order valence-electron chi connectivity index (χ3n) is 11.9. The van der Waals surface area contributed by atoms with Crippen LogP contribution < -0.4 is 0 Å². The number of benzene rings is 4. The summed E-state index contributed by atoms with van der Waals surface area (Å²) in [7, 11) is 11.0. The summed E-state index contributed by atoms with van der Waals surface area (Å²) in [6.07, 6.45) is 4.60. The molecule has 0 amide bonds. The number of hydrogen-bond donors (Lipinski definition) is 0. The van der Waals surface area contributed by atoms with Gasteiger partial charge in [0.1, 0.15) is 0 Å². The van der Waals surface area contributed by atoms with Crippen molar-refractivity contribution >= 4 is 48.1 Å². The molecule has 0 bridgehead atoms. The molecule has 6 aromatic carbocycles. The second kappa shape index (κ2) is 24.3. The van der Waals surface area contributed by atoms with E-state index in [4.69, 9.17) is 17.0 Å². The minimum atomic E-state index is -0.826. The molecule has 62 heavy (non-hydrogen) atoms. The van der Waals surface area contributed by atoms with Crippen LogP contribution in [-0.4, -0.2) is 9.52 Å². The average Bonchev–Trinajstić information content (AvgIpc) is 3.84. The van der Waals surface area contributed by atoms with E-state index < -0.39 is 20.8 Å². The second-order valence-corrected chi connectivity index (χ2v) is 25.4. The van der Waals surface area contributed by atoms with E-state index in [0.29, 0.717) is 23.7 Å². The predicted octanol–water partition coefficient (Wildman–Crippen LogP) is 19.6. The van der Waals surface area contributed by atoms with Gasteiger partial charge in [0.05, 0.1) is 0 Å². The standard InChI is InChI=1S/2C28H37.C2H6Si.2ClH.Zr/c2*1-9-10-20-11-12-21-16-25(28(6,7)8)17-26(21)27(20)24-14-22(18(2)3)13-23(15-24)19(4)5;1-3-2;;;/h2*11-19H,9-10H2,1-8H3;1-2H3;2*1H;/q2*-1;;;;+4/p-2. The predicted molar refractivity (Wildman–Crippen MR) is 281 cm³/mol. The molecule has 0 N–H and O–H groups in total. The van der Waals surface area contributed by atoms with Gasteiger partial charge in [0.25, 0.3) is 0 Å². The van der Waals surface area contributed by atoms with Crippen LogP contribution in [0.4, 0.5) is 0 Å². The fourth-order valence-corrected chi connectivity index (χ4v) is 8.13. The van der Waals surface area contributed by atoms with Gasteiger partial charge in [0.2, 0.25) is 0 Å². The van der Waals surface area contributed by atoms with Crippen molar-refractivity contribution in [2.45, 2.75) is 184 Å². The van der Waals surface area contributed by atoms with Gasteiger partial charge in [-0.05, 0) is 80.7 Å². The molecular weight excluding hydrogens is 887 g/mol. The Morgan fingerprint density at radius 1 is 0.500 bits per heavy atom. The Hall–Kier alpha value is -2.22. The van der Waals surface area contributed by atoms with Crippen molar-refractivity contribution in [1.82, 2.24) is 0 Å². The normalized spacial score (nSPS) is 11.7. The number of rotatable bonds is 10. The molecule has 0 saturated heterocycles. The Morgan fingerprint density at radius 3 is 1.00 bits per heavy atom. The van der Waals surface area contributed by atoms with Crippen LogP contribution in [0.2, 0.25) is 13.1 Å². The van der Waals surface area contributed by atoms with E-state index in [2.05, 4.69) is 209 Å². The Morgan fingerprint density at radius 2 is 0.774 bits per heavy atom. The molecule has 0 fully saturated rings. The molecule has 0 spiro atoms. The zero-order valence-corrected chi connectivity index (χ0v) is 46.9. The van der Waals surface area contributed by atoms with Crippen LogP contribution in [0, 0.1) is 0 Å². The first-order valence-corrected chi connectivity index (χ1v) is 31.7. The fraction of sp³-hybridized carbons (Fsp3) is 0.483. The molecule has 0 nitrogen and oxygen atoms in total. The molecule has 0 atom stereocenters. The van der Waals surface area contributed by atoms with Crippen molar-refractivity contribution < 1.29 is 20.8 Å². The van der Waals surface area contributed by atoms with Crippen LogP contribution in [-0.2, 0) is 44.5 Å². The zero-order valence-electron chi connectivity index (χ0n) is 42.0. The topological polar surface area (TPSA) is 0 Å². The first kappa shape index (κ1) is 54.1. The van der Waals surface area contributed by atoms with Crippen LogP contribution in [0.3, 0.4) is 0 Å². The Labute approximate surface area is 401 Å². The minimum absolute atomic E-state index is 0.171. The summed E-state index contributed by atoms with van der Waals surface area (Å²) in [6.45, 7) is 41.1. The molecular formula is C58H80Cl2SiZr. The summed E-state index contributed by atoms with van der Waals surface area (Å²) in [5.41, 5.74) is 17.7. The molecule has 334 valence electrons. The van der Waals surface area contributed by atoms with Gasteiger partial charge in [-0.3, -0.25) is 0 Å². The van der Waals surface area contributed by atoms with Gasteiger partial charge in [-0.25, -0.2) is 0 Å². The Kier molecular flexibility index (Phi) is 21.2. The second-order valence-electron chi connectivity index (χ2n) is 20.7. The maximum absolute atomic E-state index is 4.93. The molecule has 0 heterocycles. The molecule has 0 aliphatic rings. The van der Waals surface area contributed by atoms with E-state index in [1.165, 1.54) is 101 Å². The third kappa shape index (κ3) is 14.4. The van der Waals surface area contributed by atoms with E-state index in [-0.39, 0.29) is 10.8 Å². The molecule has 0 aromatic heterocycles. The summed E-state index contributed by atoms with van der Waals surface area (Å²) in [6, 6.07) is 33.6. The molecule has 0 aliphatic heterocycles. The molecule has 2 radical (unpaired) electrons. The molecule has 6 aromatic rings.